The molecule has 8 heteroatoms. The highest BCUT2D eigenvalue weighted by atomic mass is 35.5. The molecule has 3 rings (SSSR count). The number of carbonyl (C=O) groups is 2. The molecular formula is C27H35ClN2O5. The van der Waals surface area contributed by atoms with Crippen molar-refractivity contribution in [2.45, 2.75) is 56.7 Å². The first-order valence-corrected chi connectivity index (χ1v) is 12.2. The van der Waals surface area contributed by atoms with Crippen LogP contribution in [0, 0.1) is 0 Å². The molecule has 1 fully saturated rings. The predicted molar refractivity (Wildman–Crippen MR) is 135 cm³/mol. The van der Waals surface area contributed by atoms with Crippen LogP contribution in [0.2, 0.25) is 0 Å². The van der Waals surface area contributed by atoms with Crippen molar-refractivity contribution < 1.29 is 24.2 Å². The number of alkyl halides is 1. The summed E-state index contributed by atoms with van der Waals surface area (Å²) in [5.74, 6) is 0.441. The number of carbonyl (C=O) groups excluding carboxylic acids is 2. The zero-order chi connectivity index (χ0) is 25.6. The molecule has 1 saturated heterocycles. The minimum Gasteiger partial charge on any atom is -0.497 e. The highest BCUT2D eigenvalue weighted by Gasteiger charge is 2.38. The summed E-state index contributed by atoms with van der Waals surface area (Å²) in [6.07, 6.45) is 0.268. The highest BCUT2D eigenvalue weighted by Crippen LogP contribution is 2.29. The van der Waals surface area contributed by atoms with Gasteiger partial charge in [-0.2, -0.15) is 0 Å². The van der Waals surface area contributed by atoms with Crippen molar-refractivity contribution >= 4 is 23.6 Å². The Bertz CT molecular complexity index is 983. The summed E-state index contributed by atoms with van der Waals surface area (Å²) >= 11 is 6.59. The number of hydrogen-bond donors (Lipinski definition) is 1. The maximum Gasteiger partial charge on any atom is 0.410 e. The topological polar surface area (TPSA) is 79.3 Å². The van der Waals surface area contributed by atoms with Crippen LogP contribution in [0.15, 0.2) is 54.6 Å². The number of halogens is 1. The molecule has 0 aliphatic carbocycles. The normalized spacial score (nSPS) is 16.3. The number of aliphatic hydroxyl groups is 1. The second-order valence-corrected chi connectivity index (χ2v) is 10.4. The fourth-order valence-electron chi connectivity index (χ4n) is 4.03. The Hall–Kier alpha value is -2.77. The van der Waals surface area contributed by atoms with Gasteiger partial charge in [0.1, 0.15) is 16.7 Å². The second kappa shape index (κ2) is 11.3. The number of rotatable bonds is 7. The quantitative estimate of drug-likeness (QED) is 0.552. The molecule has 35 heavy (non-hydrogen) atoms. The lowest BCUT2D eigenvalue weighted by Gasteiger charge is -2.41. The molecule has 1 unspecified atom stereocenters. The third kappa shape index (κ3) is 7.61. The van der Waals surface area contributed by atoms with Gasteiger partial charge < -0.3 is 24.4 Å². The molecule has 1 aliphatic heterocycles. The van der Waals surface area contributed by atoms with E-state index in [4.69, 9.17) is 21.1 Å². The molecule has 0 spiro atoms. The molecule has 1 N–H and O–H groups in total. The van der Waals surface area contributed by atoms with Crippen LogP contribution < -0.4 is 4.74 Å². The van der Waals surface area contributed by atoms with Crippen LogP contribution in [0.4, 0.5) is 4.79 Å². The van der Waals surface area contributed by atoms with Crippen molar-refractivity contribution in [3.8, 4) is 5.75 Å². The van der Waals surface area contributed by atoms with Crippen molar-refractivity contribution in [2.24, 2.45) is 0 Å². The van der Waals surface area contributed by atoms with E-state index in [1.807, 2.05) is 75.4 Å². The lowest BCUT2D eigenvalue weighted by atomic mass is 9.90. The number of nitrogens with zero attached hydrogens (tertiary/aromatic N) is 2. The fourth-order valence-corrected chi connectivity index (χ4v) is 4.32. The van der Waals surface area contributed by atoms with Gasteiger partial charge in [0.25, 0.3) is 0 Å². The van der Waals surface area contributed by atoms with E-state index >= 15 is 0 Å². The summed E-state index contributed by atoms with van der Waals surface area (Å²) in [7, 11) is 1.60. The van der Waals surface area contributed by atoms with Crippen molar-refractivity contribution in [1.82, 2.24) is 9.80 Å². The van der Waals surface area contributed by atoms with Gasteiger partial charge in [0.2, 0.25) is 5.91 Å². The number of amides is 2. The van der Waals surface area contributed by atoms with E-state index < -0.39 is 22.7 Å². The standard InChI is InChI=1S/C27H35ClN2O5/c1-26(2,3)35-25(32)29-16-14-27(33,15-17-29)19-30(18-20-10-12-22(34-4)13-11-20)24(31)23(28)21-8-6-5-7-9-21/h5-13,23,33H,14-19H2,1-4H3. The largest absolute Gasteiger partial charge is 0.497 e. The Morgan fingerprint density at radius 3 is 2.23 bits per heavy atom. The van der Waals surface area contributed by atoms with Crippen molar-refractivity contribution in [3.63, 3.8) is 0 Å². The van der Waals surface area contributed by atoms with Gasteiger partial charge in [-0.1, -0.05) is 42.5 Å². The predicted octanol–water partition coefficient (Wildman–Crippen LogP) is 4.77. The van der Waals surface area contributed by atoms with Crippen molar-refractivity contribution in [1.29, 1.82) is 0 Å². The zero-order valence-electron chi connectivity index (χ0n) is 20.9. The summed E-state index contributed by atoms with van der Waals surface area (Å²) in [5.41, 5.74) is -0.135. The van der Waals surface area contributed by atoms with Gasteiger partial charge in [0.15, 0.2) is 0 Å². The molecule has 2 amide bonds. The molecule has 2 aromatic carbocycles. The third-order valence-electron chi connectivity index (χ3n) is 5.98. The lowest BCUT2D eigenvalue weighted by Crippen LogP contribution is -2.53. The number of benzene rings is 2. The highest BCUT2D eigenvalue weighted by molar-refractivity contribution is 6.30. The van der Waals surface area contributed by atoms with Gasteiger partial charge in [-0.3, -0.25) is 4.79 Å². The minimum absolute atomic E-state index is 0.107. The van der Waals surface area contributed by atoms with Gasteiger partial charge in [-0.25, -0.2) is 4.79 Å². The van der Waals surface area contributed by atoms with Crippen LogP contribution in [-0.4, -0.2) is 64.9 Å². The summed E-state index contributed by atoms with van der Waals surface area (Å²) in [5, 5.41) is 10.5. The zero-order valence-corrected chi connectivity index (χ0v) is 21.6. The molecule has 1 heterocycles. The average molecular weight is 503 g/mol. The summed E-state index contributed by atoms with van der Waals surface area (Å²) in [6.45, 7) is 6.56. The van der Waals surface area contributed by atoms with Gasteiger partial charge in [0.05, 0.1) is 12.7 Å². The third-order valence-corrected chi connectivity index (χ3v) is 6.42. The van der Waals surface area contributed by atoms with E-state index in [0.29, 0.717) is 31.5 Å². The summed E-state index contributed by atoms with van der Waals surface area (Å²) < 4.78 is 10.7. The summed E-state index contributed by atoms with van der Waals surface area (Å²) in [4.78, 5) is 29.1. The van der Waals surface area contributed by atoms with Crippen LogP contribution in [0.1, 0.15) is 50.1 Å². The number of likely N-dealkylation sites (tertiary alicyclic amines) is 1. The van der Waals surface area contributed by atoms with E-state index in [0.717, 1.165) is 11.3 Å². The maximum absolute atomic E-state index is 13.5. The smallest absolute Gasteiger partial charge is 0.410 e. The molecule has 0 bridgehead atoms. The average Bonchev–Trinajstić information content (AvgIpc) is 2.83. The number of methoxy groups -OCH3 is 1. The first-order valence-electron chi connectivity index (χ1n) is 11.8. The molecule has 7 nitrogen and oxygen atoms in total. The van der Waals surface area contributed by atoms with E-state index in [-0.39, 0.29) is 19.0 Å². The summed E-state index contributed by atoms with van der Waals surface area (Å²) in [6, 6.07) is 16.6. The van der Waals surface area contributed by atoms with Gasteiger partial charge in [0, 0.05) is 26.2 Å². The first kappa shape index (κ1) is 26.8. The van der Waals surface area contributed by atoms with E-state index in [2.05, 4.69) is 0 Å². The van der Waals surface area contributed by atoms with Crippen LogP contribution in [0.3, 0.4) is 0 Å². The first-order chi connectivity index (χ1) is 16.5. The fraction of sp³-hybridized carbons (Fsp3) is 0.481. The molecule has 0 radical (unpaired) electrons. The van der Waals surface area contributed by atoms with E-state index in [9.17, 15) is 14.7 Å². The molecule has 0 saturated carbocycles. The van der Waals surface area contributed by atoms with Crippen LogP contribution in [0.25, 0.3) is 0 Å². The number of piperidine rings is 1. The van der Waals surface area contributed by atoms with E-state index in [1.54, 1.807) is 16.9 Å². The second-order valence-electron chi connectivity index (χ2n) is 10.0. The molecule has 1 atom stereocenters. The molecule has 2 aromatic rings. The Labute approximate surface area is 212 Å². The maximum atomic E-state index is 13.5. The Morgan fingerprint density at radius 1 is 1.09 bits per heavy atom. The molecule has 190 valence electrons. The van der Waals surface area contributed by atoms with Crippen LogP contribution in [-0.2, 0) is 16.1 Å². The SMILES string of the molecule is COc1ccc(CN(CC2(O)CCN(C(=O)OC(C)(C)C)CC2)C(=O)C(Cl)c2ccccc2)cc1. The monoisotopic (exact) mass is 502 g/mol. The van der Waals surface area contributed by atoms with Crippen molar-refractivity contribution in [2.75, 3.05) is 26.7 Å². The molecular weight excluding hydrogens is 468 g/mol. The molecule has 1 aliphatic rings. The Kier molecular flexibility index (Phi) is 8.67. The van der Waals surface area contributed by atoms with Crippen LogP contribution >= 0.6 is 11.6 Å². The number of ether oxygens (including phenoxy) is 2. The molecule has 0 aromatic heterocycles. The van der Waals surface area contributed by atoms with Gasteiger partial charge in [-0.15, -0.1) is 11.6 Å². The minimum atomic E-state index is -1.14. The number of hydrogen-bond acceptors (Lipinski definition) is 5. The Morgan fingerprint density at radius 2 is 1.69 bits per heavy atom. The van der Waals surface area contributed by atoms with Crippen LogP contribution in [0.5, 0.6) is 5.75 Å². The van der Waals surface area contributed by atoms with E-state index in [1.165, 1.54) is 0 Å². The van der Waals surface area contributed by atoms with Gasteiger partial charge >= 0.3 is 6.09 Å². The lowest BCUT2D eigenvalue weighted by molar-refractivity contribution is -0.137. The Balaban J connectivity index is 1.74. The van der Waals surface area contributed by atoms with Crippen molar-refractivity contribution in [3.05, 3.63) is 65.7 Å². The van der Waals surface area contributed by atoms with Gasteiger partial charge in [-0.05, 0) is 56.9 Å².